The second kappa shape index (κ2) is 3.68. The first-order chi connectivity index (χ1) is 7.87. The molecule has 17 heavy (non-hydrogen) atoms. The van der Waals surface area contributed by atoms with Gasteiger partial charge in [0.25, 0.3) is 0 Å². The molecule has 1 fully saturated rings. The van der Waals surface area contributed by atoms with E-state index in [1.165, 1.54) is 5.57 Å². The van der Waals surface area contributed by atoms with E-state index in [1.807, 2.05) is 20.8 Å². The van der Waals surface area contributed by atoms with Gasteiger partial charge in [-0.2, -0.15) is 0 Å². The molecule has 0 aromatic rings. The highest BCUT2D eigenvalue weighted by Crippen LogP contribution is 2.44. The van der Waals surface area contributed by atoms with Crippen LogP contribution in [0.15, 0.2) is 11.1 Å². The maximum absolute atomic E-state index is 12.0. The largest absolute Gasteiger partial charge is 0.328 e. The Labute approximate surface area is 99.6 Å². The van der Waals surface area contributed by atoms with Crippen molar-refractivity contribution in [2.24, 2.45) is 11.3 Å². The molecule has 0 saturated carbocycles. The molecule has 4 amide bonds. The predicted molar refractivity (Wildman–Crippen MR) is 60.9 cm³/mol. The summed E-state index contributed by atoms with van der Waals surface area (Å²) in [5, 5.41) is 4.41. The molecule has 0 radical (unpaired) electrons. The fourth-order valence-electron chi connectivity index (χ4n) is 2.72. The Kier molecular flexibility index (Phi) is 2.56. The lowest BCUT2D eigenvalue weighted by atomic mass is 9.63. The van der Waals surface area contributed by atoms with Gasteiger partial charge in [0.1, 0.15) is 5.41 Å². The normalized spacial score (nSPS) is 28.2. The highest BCUT2D eigenvalue weighted by Gasteiger charge is 2.55. The molecule has 0 aromatic heterocycles. The lowest BCUT2D eigenvalue weighted by Gasteiger charge is -2.42. The van der Waals surface area contributed by atoms with Gasteiger partial charge in [-0.3, -0.25) is 20.2 Å². The molecule has 1 heterocycles. The Morgan fingerprint density at radius 3 is 2.12 bits per heavy atom. The monoisotopic (exact) mass is 236 g/mol. The van der Waals surface area contributed by atoms with Gasteiger partial charge in [-0.1, -0.05) is 18.1 Å². The van der Waals surface area contributed by atoms with Gasteiger partial charge >= 0.3 is 6.03 Å². The first-order valence-corrected chi connectivity index (χ1v) is 5.70. The van der Waals surface area contributed by atoms with Crippen molar-refractivity contribution in [1.82, 2.24) is 10.6 Å². The van der Waals surface area contributed by atoms with E-state index in [1.54, 1.807) is 0 Å². The minimum absolute atomic E-state index is 0.0979. The minimum atomic E-state index is -1.11. The summed E-state index contributed by atoms with van der Waals surface area (Å²) in [4.78, 5) is 35.2. The van der Waals surface area contributed by atoms with Crippen LogP contribution in [-0.2, 0) is 9.59 Å². The summed E-state index contributed by atoms with van der Waals surface area (Å²) >= 11 is 0. The zero-order valence-electron chi connectivity index (χ0n) is 10.2. The standard InChI is InChI=1S/C12H16N2O3/c1-6-4-8(3)12(5-7(6)2)9(15)13-11(17)14-10(12)16/h8H,4-5H2,1-3H3,(H2,13,14,15,16,17)/t8-/m1/s1. The van der Waals surface area contributed by atoms with Crippen molar-refractivity contribution >= 4 is 17.8 Å². The summed E-state index contributed by atoms with van der Waals surface area (Å²) in [5.41, 5.74) is 1.17. The number of barbiturate groups is 1. The minimum Gasteiger partial charge on any atom is -0.277 e. The summed E-state index contributed by atoms with van der Waals surface area (Å²) in [6, 6.07) is -0.721. The molecule has 1 saturated heterocycles. The second-order valence-electron chi connectivity index (χ2n) is 5.05. The van der Waals surface area contributed by atoms with Crippen molar-refractivity contribution in [1.29, 1.82) is 0 Å². The zero-order valence-corrected chi connectivity index (χ0v) is 10.2. The molecule has 1 atom stereocenters. The van der Waals surface area contributed by atoms with E-state index in [4.69, 9.17) is 0 Å². The third-order valence-corrected chi connectivity index (χ3v) is 3.99. The summed E-state index contributed by atoms with van der Waals surface area (Å²) < 4.78 is 0. The summed E-state index contributed by atoms with van der Waals surface area (Å²) in [7, 11) is 0. The van der Waals surface area contributed by atoms with Gasteiger partial charge in [-0.15, -0.1) is 0 Å². The highest BCUT2D eigenvalue weighted by atomic mass is 16.2. The van der Waals surface area contributed by atoms with Crippen LogP contribution < -0.4 is 10.6 Å². The SMILES string of the molecule is CC1=C(C)CC2(C(=O)NC(=O)NC2=O)[C@H](C)C1. The quantitative estimate of drug-likeness (QED) is 0.488. The molecule has 2 aliphatic rings. The van der Waals surface area contributed by atoms with Crippen LogP contribution >= 0.6 is 0 Å². The average molecular weight is 236 g/mol. The maximum atomic E-state index is 12.0. The molecule has 0 aromatic carbocycles. The fraction of sp³-hybridized carbons (Fsp3) is 0.583. The van der Waals surface area contributed by atoms with Crippen LogP contribution in [0.3, 0.4) is 0 Å². The summed E-state index contributed by atoms with van der Waals surface area (Å²) in [6.07, 6.45) is 1.10. The van der Waals surface area contributed by atoms with Crippen LogP contribution in [0.5, 0.6) is 0 Å². The number of allylic oxidation sites excluding steroid dienone is 2. The van der Waals surface area contributed by atoms with E-state index in [2.05, 4.69) is 10.6 Å². The van der Waals surface area contributed by atoms with Crippen LogP contribution in [0, 0.1) is 11.3 Å². The van der Waals surface area contributed by atoms with Crippen molar-refractivity contribution < 1.29 is 14.4 Å². The lowest BCUT2D eigenvalue weighted by molar-refractivity contribution is -0.148. The van der Waals surface area contributed by atoms with E-state index in [9.17, 15) is 14.4 Å². The molecule has 1 spiro atoms. The Hall–Kier alpha value is -1.65. The first kappa shape index (κ1) is 11.8. The van der Waals surface area contributed by atoms with Crippen molar-refractivity contribution in [2.75, 3.05) is 0 Å². The predicted octanol–water partition coefficient (Wildman–Crippen LogP) is 1.11. The van der Waals surface area contributed by atoms with E-state index in [0.717, 1.165) is 5.57 Å². The number of nitrogens with one attached hydrogen (secondary N) is 2. The topological polar surface area (TPSA) is 75.3 Å². The maximum Gasteiger partial charge on any atom is 0.328 e. The van der Waals surface area contributed by atoms with Gasteiger partial charge in [0.05, 0.1) is 0 Å². The molecular formula is C12H16N2O3. The van der Waals surface area contributed by atoms with Gasteiger partial charge in [-0.25, -0.2) is 4.79 Å². The van der Waals surface area contributed by atoms with E-state index in [0.29, 0.717) is 12.8 Å². The van der Waals surface area contributed by atoms with Crippen LogP contribution in [0.2, 0.25) is 0 Å². The van der Waals surface area contributed by atoms with Gasteiger partial charge in [0.2, 0.25) is 11.8 Å². The van der Waals surface area contributed by atoms with Crippen molar-refractivity contribution in [3.05, 3.63) is 11.1 Å². The second-order valence-corrected chi connectivity index (χ2v) is 5.05. The first-order valence-electron chi connectivity index (χ1n) is 5.70. The van der Waals surface area contributed by atoms with Gasteiger partial charge < -0.3 is 0 Å². The Balaban J connectivity index is 2.45. The number of amides is 4. The van der Waals surface area contributed by atoms with E-state index >= 15 is 0 Å². The molecule has 1 aliphatic carbocycles. The van der Waals surface area contributed by atoms with Crippen molar-refractivity contribution in [3.8, 4) is 0 Å². The third kappa shape index (κ3) is 1.57. The number of carbonyl (C=O) groups excluding carboxylic acids is 3. The van der Waals surface area contributed by atoms with Crippen molar-refractivity contribution in [3.63, 3.8) is 0 Å². The van der Waals surface area contributed by atoms with Crippen LogP contribution in [-0.4, -0.2) is 17.8 Å². The molecule has 0 bridgehead atoms. The Bertz CT molecular complexity index is 431. The van der Waals surface area contributed by atoms with Crippen LogP contribution in [0.1, 0.15) is 33.6 Å². The van der Waals surface area contributed by atoms with Gasteiger partial charge in [-0.05, 0) is 32.6 Å². The number of rotatable bonds is 0. The van der Waals surface area contributed by atoms with E-state index < -0.39 is 23.3 Å². The molecule has 5 nitrogen and oxygen atoms in total. The molecule has 2 N–H and O–H groups in total. The average Bonchev–Trinajstić information content (AvgIpc) is 2.21. The number of carbonyl (C=O) groups is 3. The van der Waals surface area contributed by atoms with Gasteiger partial charge in [0.15, 0.2) is 0 Å². The number of urea groups is 1. The summed E-state index contributed by atoms with van der Waals surface area (Å²) in [5.74, 6) is -1.03. The molecule has 1 aliphatic heterocycles. The molecule has 0 unspecified atom stereocenters. The zero-order chi connectivity index (χ0) is 12.8. The Morgan fingerprint density at radius 2 is 1.59 bits per heavy atom. The van der Waals surface area contributed by atoms with Crippen molar-refractivity contribution in [2.45, 2.75) is 33.6 Å². The van der Waals surface area contributed by atoms with Crippen LogP contribution in [0.4, 0.5) is 4.79 Å². The lowest BCUT2D eigenvalue weighted by Crippen LogP contribution is -2.65. The Morgan fingerprint density at radius 1 is 1.06 bits per heavy atom. The molecular weight excluding hydrogens is 220 g/mol. The number of hydrogen-bond acceptors (Lipinski definition) is 3. The summed E-state index contributed by atoms with van der Waals surface area (Å²) in [6.45, 7) is 5.83. The van der Waals surface area contributed by atoms with E-state index in [-0.39, 0.29) is 5.92 Å². The van der Waals surface area contributed by atoms with Gasteiger partial charge in [0, 0.05) is 0 Å². The van der Waals surface area contributed by atoms with Crippen LogP contribution in [0.25, 0.3) is 0 Å². The fourth-order valence-corrected chi connectivity index (χ4v) is 2.72. The number of hydrogen-bond donors (Lipinski definition) is 2. The molecule has 5 heteroatoms. The molecule has 92 valence electrons. The smallest absolute Gasteiger partial charge is 0.277 e. The number of imide groups is 2. The third-order valence-electron chi connectivity index (χ3n) is 3.99. The molecule has 2 rings (SSSR count). The highest BCUT2D eigenvalue weighted by molar-refractivity contribution is 6.19.